The molecule has 7 nitrogen and oxygen atoms in total. The maximum absolute atomic E-state index is 12.3. The quantitative estimate of drug-likeness (QED) is 0.890. The van der Waals surface area contributed by atoms with E-state index in [1.165, 1.54) is 0 Å². The lowest BCUT2D eigenvalue weighted by molar-refractivity contribution is 0.121. The fourth-order valence-corrected chi connectivity index (χ4v) is 4.12. The second-order valence-electron chi connectivity index (χ2n) is 8.85. The summed E-state index contributed by atoms with van der Waals surface area (Å²) in [5, 5.41) is 7.26. The molecular formula is C19H33N5O2. The van der Waals surface area contributed by atoms with Gasteiger partial charge in [0, 0.05) is 32.1 Å². The number of hydrogen-bond donors (Lipinski definition) is 1. The van der Waals surface area contributed by atoms with Gasteiger partial charge in [-0.15, -0.1) is 0 Å². The molecule has 1 aromatic rings. The highest BCUT2D eigenvalue weighted by molar-refractivity contribution is 5.74. The van der Waals surface area contributed by atoms with Crippen molar-refractivity contribution in [3.8, 4) is 0 Å². The fraction of sp³-hybridized carbons (Fsp3) is 0.842. The van der Waals surface area contributed by atoms with Gasteiger partial charge < -0.3 is 14.7 Å². The molecule has 3 rings (SSSR count). The van der Waals surface area contributed by atoms with Crippen molar-refractivity contribution >= 4 is 6.03 Å². The number of carbonyl (C=O) groups is 1. The Bertz CT molecular complexity index is 619. The number of urea groups is 1. The summed E-state index contributed by atoms with van der Waals surface area (Å²) in [4.78, 5) is 21.2. The third-order valence-corrected chi connectivity index (χ3v) is 5.77. The molecule has 146 valence electrons. The van der Waals surface area contributed by atoms with Crippen LogP contribution in [0.4, 0.5) is 4.79 Å². The Kier molecular flexibility index (Phi) is 5.55. The third kappa shape index (κ3) is 4.03. The zero-order valence-corrected chi connectivity index (χ0v) is 16.8. The van der Waals surface area contributed by atoms with Gasteiger partial charge in [-0.25, -0.2) is 4.79 Å². The van der Waals surface area contributed by atoms with Gasteiger partial charge in [0.25, 0.3) is 0 Å². The van der Waals surface area contributed by atoms with Gasteiger partial charge in [-0.1, -0.05) is 32.9 Å². The minimum absolute atomic E-state index is 0.0798. The second kappa shape index (κ2) is 7.55. The smallest absolute Gasteiger partial charge is 0.317 e. The lowest BCUT2D eigenvalue weighted by Crippen LogP contribution is -2.48. The first-order chi connectivity index (χ1) is 12.3. The Morgan fingerprint density at radius 3 is 2.58 bits per heavy atom. The van der Waals surface area contributed by atoms with Crippen LogP contribution < -0.4 is 5.32 Å². The highest BCUT2D eigenvalue weighted by Gasteiger charge is 2.46. The van der Waals surface area contributed by atoms with Gasteiger partial charge >= 0.3 is 6.03 Å². The van der Waals surface area contributed by atoms with E-state index in [4.69, 9.17) is 4.52 Å². The van der Waals surface area contributed by atoms with Gasteiger partial charge in [0.2, 0.25) is 5.89 Å². The SMILES string of the molecule is CC(C)CNC(=O)N1CCC2(CC1)CC(c1noc(C(C)C)n1)N(C)C2. The van der Waals surface area contributed by atoms with Crippen molar-refractivity contribution in [2.24, 2.45) is 11.3 Å². The van der Waals surface area contributed by atoms with Gasteiger partial charge in [0.05, 0.1) is 6.04 Å². The van der Waals surface area contributed by atoms with Gasteiger partial charge in [-0.2, -0.15) is 4.98 Å². The van der Waals surface area contributed by atoms with Crippen molar-refractivity contribution in [3.05, 3.63) is 11.7 Å². The fourth-order valence-electron chi connectivity index (χ4n) is 4.12. The number of hydrogen-bond acceptors (Lipinski definition) is 5. The molecule has 1 unspecified atom stereocenters. The lowest BCUT2D eigenvalue weighted by atomic mass is 9.76. The van der Waals surface area contributed by atoms with Gasteiger partial charge in [0.1, 0.15) is 0 Å². The van der Waals surface area contributed by atoms with Crippen molar-refractivity contribution in [2.45, 2.75) is 58.9 Å². The van der Waals surface area contributed by atoms with E-state index in [1.54, 1.807) is 0 Å². The van der Waals surface area contributed by atoms with Crippen LogP contribution in [-0.2, 0) is 0 Å². The Balaban J connectivity index is 1.58. The summed E-state index contributed by atoms with van der Waals surface area (Å²) in [7, 11) is 2.15. The maximum Gasteiger partial charge on any atom is 0.317 e. The molecule has 0 radical (unpaired) electrons. The van der Waals surface area contributed by atoms with E-state index in [2.05, 4.69) is 55.1 Å². The molecule has 2 aliphatic rings. The van der Waals surface area contributed by atoms with Crippen molar-refractivity contribution in [3.63, 3.8) is 0 Å². The van der Waals surface area contributed by atoms with E-state index >= 15 is 0 Å². The lowest BCUT2D eigenvalue weighted by Gasteiger charge is -2.39. The zero-order valence-electron chi connectivity index (χ0n) is 16.8. The van der Waals surface area contributed by atoms with Gasteiger partial charge in [-0.3, -0.25) is 4.90 Å². The molecule has 3 heterocycles. The summed E-state index contributed by atoms with van der Waals surface area (Å²) in [6.45, 7) is 11.8. The van der Waals surface area contributed by atoms with Crippen LogP contribution in [0.3, 0.4) is 0 Å². The van der Waals surface area contributed by atoms with E-state index in [-0.39, 0.29) is 23.4 Å². The summed E-state index contributed by atoms with van der Waals surface area (Å²) in [5.74, 6) is 2.26. The summed E-state index contributed by atoms with van der Waals surface area (Å²) in [5.41, 5.74) is 0.257. The number of piperidine rings is 1. The van der Waals surface area contributed by atoms with E-state index in [9.17, 15) is 4.79 Å². The zero-order chi connectivity index (χ0) is 18.9. The van der Waals surface area contributed by atoms with Crippen molar-refractivity contribution in [1.82, 2.24) is 25.3 Å². The number of amides is 2. The van der Waals surface area contributed by atoms with Crippen molar-refractivity contribution < 1.29 is 9.32 Å². The second-order valence-corrected chi connectivity index (χ2v) is 8.85. The molecule has 1 aromatic heterocycles. The van der Waals surface area contributed by atoms with Crippen molar-refractivity contribution in [1.29, 1.82) is 0 Å². The molecule has 2 aliphatic heterocycles. The van der Waals surface area contributed by atoms with Gasteiger partial charge in [-0.05, 0) is 37.6 Å². The maximum atomic E-state index is 12.3. The monoisotopic (exact) mass is 363 g/mol. The normalized spacial score (nSPS) is 23.3. The largest absolute Gasteiger partial charge is 0.339 e. The van der Waals surface area contributed by atoms with Crippen LogP contribution in [0.15, 0.2) is 4.52 Å². The number of nitrogens with zero attached hydrogens (tertiary/aromatic N) is 4. The molecule has 2 saturated heterocycles. The van der Waals surface area contributed by atoms with E-state index in [0.29, 0.717) is 11.8 Å². The molecule has 7 heteroatoms. The van der Waals surface area contributed by atoms with Crippen LogP contribution in [0.2, 0.25) is 0 Å². The molecule has 0 aliphatic carbocycles. The predicted octanol–water partition coefficient (Wildman–Crippen LogP) is 3.02. The highest BCUT2D eigenvalue weighted by atomic mass is 16.5. The topological polar surface area (TPSA) is 74.5 Å². The Hall–Kier alpha value is -1.63. The number of carbonyl (C=O) groups excluding carboxylic acids is 1. The molecule has 2 fully saturated rings. The average Bonchev–Trinajstić information content (AvgIpc) is 3.18. The molecule has 1 atom stereocenters. The Labute approximate surface area is 156 Å². The highest BCUT2D eigenvalue weighted by Crippen LogP contribution is 2.47. The summed E-state index contributed by atoms with van der Waals surface area (Å²) in [6, 6.07) is 0.295. The third-order valence-electron chi connectivity index (χ3n) is 5.77. The summed E-state index contributed by atoms with van der Waals surface area (Å²) in [6.07, 6.45) is 3.12. The number of likely N-dealkylation sites (tertiary alicyclic amines) is 2. The molecule has 26 heavy (non-hydrogen) atoms. The van der Waals surface area contributed by atoms with E-state index < -0.39 is 0 Å². The standard InChI is InChI=1S/C19H33N5O2/c1-13(2)11-20-18(25)24-8-6-19(7-9-24)10-15(23(5)12-19)16-21-17(14(3)4)26-22-16/h13-15H,6-12H2,1-5H3,(H,20,25). The summed E-state index contributed by atoms with van der Waals surface area (Å²) >= 11 is 0. The first-order valence-corrected chi connectivity index (χ1v) is 9.86. The van der Waals surface area contributed by atoms with Crippen LogP contribution >= 0.6 is 0 Å². The minimum atomic E-state index is 0.0798. The molecule has 1 N–H and O–H groups in total. The molecule has 2 amide bonds. The molecule has 0 bridgehead atoms. The van der Waals surface area contributed by atoms with Crippen LogP contribution in [0.25, 0.3) is 0 Å². The minimum Gasteiger partial charge on any atom is -0.339 e. The Morgan fingerprint density at radius 2 is 2.00 bits per heavy atom. The number of nitrogens with one attached hydrogen (secondary N) is 1. The molecule has 0 aromatic carbocycles. The van der Waals surface area contributed by atoms with Crippen molar-refractivity contribution in [2.75, 3.05) is 33.2 Å². The predicted molar refractivity (Wildman–Crippen MR) is 99.9 cm³/mol. The van der Waals surface area contributed by atoms with Crippen LogP contribution in [-0.4, -0.2) is 59.2 Å². The first kappa shape index (κ1) is 19.1. The average molecular weight is 364 g/mol. The van der Waals surface area contributed by atoms with E-state index in [0.717, 1.165) is 51.3 Å². The molecule has 1 spiro atoms. The number of aromatic nitrogens is 2. The van der Waals surface area contributed by atoms with Crippen LogP contribution in [0.1, 0.15) is 70.6 Å². The van der Waals surface area contributed by atoms with Gasteiger partial charge in [0.15, 0.2) is 5.82 Å². The van der Waals surface area contributed by atoms with Crippen LogP contribution in [0, 0.1) is 11.3 Å². The molecule has 0 saturated carbocycles. The first-order valence-electron chi connectivity index (χ1n) is 9.86. The number of rotatable bonds is 4. The van der Waals surface area contributed by atoms with E-state index in [1.807, 2.05) is 4.90 Å². The van der Waals surface area contributed by atoms with Crippen LogP contribution in [0.5, 0.6) is 0 Å². The summed E-state index contributed by atoms with van der Waals surface area (Å²) < 4.78 is 5.41. The Morgan fingerprint density at radius 1 is 1.31 bits per heavy atom. The molecular weight excluding hydrogens is 330 g/mol.